The van der Waals surface area contributed by atoms with E-state index in [4.69, 9.17) is 23.9 Å². The zero-order valence-electron chi connectivity index (χ0n) is 23.5. The smallest absolute Gasteiger partial charge is 0.338 e. The summed E-state index contributed by atoms with van der Waals surface area (Å²) in [7, 11) is 3.10. The maximum absolute atomic E-state index is 14.2. The molecule has 1 aromatic heterocycles. The Labute approximate surface area is 241 Å². The molecule has 0 radical (unpaired) electrons. The van der Waals surface area contributed by atoms with E-state index >= 15 is 0 Å². The fourth-order valence-electron chi connectivity index (χ4n) is 4.96. The number of allylic oxidation sites excluding steroid dienone is 1. The molecule has 0 amide bonds. The zero-order chi connectivity index (χ0) is 28.9. The number of hydrogen-bond acceptors (Lipinski definition) is 8. The van der Waals surface area contributed by atoms with Crippen LogP contribution in [-0.4, -0.2) is 44.6 Å². The number of hydrogen-bond donors (Lipinski definition) is 0. The predicted octanol–water partition coefficient (Wildman–Crippen LogP) is 4.38. The van der Waals surface area contributed by atoms with Gasteiger partial charge in [-0.05, 0) is 41.8 Å². The lowest BCUT2D eigenvalue weighted by Gasteiger charge is -2.27. The number of rotatable bonds is 10. The van der Waals surface area contributed by atoms with E-state index in [0.717, 1.165) is 22.8 Å². The SMILES string of the molecule is CCCOc1c(OC)cccc1[C@@H]1C(C(=O)OCCOC)=C(C)N=c2s/c(=C/c3cccc4ccccc34)c(=O)n21. The Hall–Kier alpha value is -4.21. The van der Waals surface area contributed by atoms with Crippen molar-refractivity contribution in [3.05, 3.63) is 103 Å². The largest absolute Gasteiger partial charge is 0.493 e. The molecule has 1 aliphatic rings. The summed E-state index contributed by atoms with van der Waals surface area (Å²) in [5.41, 5.74) is 2.02. The van der Waals surface area contributed by atoms with Gasteiger partial charge in [0.05, 0.1) is 36.1 Å². The average Bonchev–Trinajstić information content (AvgIpc) is 3.29. The summed E-state index contributed by atoms with van der Waals surface area (Å²) >= 11 is 1.29. The Balaban J connectivity index is 1.74. The molecule has 41 heavy (non-hydrogen) atoms. The van der Waals surface area contributed by atoms with Gasteiger partial charge in [0.1, 0.15) is 12.6 Å². The number of para-hydroxylation sites is 1. The van der Waals surface area contributed by atoms with Crippen molar-refractivity contribution in [1.29, 1.82) is 0 Å². The van der Waals surface area contributed by atoms with Crippen molar-refractivity contribution < 1.29 is 23.7 Å². The molecule has 0 N–H and O–H groups in total. The first kappa shape index (κ1) is 28.3. The number of fused-ring (bicyclic) bond motifs is 2. The third-order valence-electron chi connectivity index (χ3n) is 6.85. The van der Waals surface area contributed by atoms with Crippen molar-refractivity contribution in [3.8, 4) is 11.5 Å². The molecule has 0 saturated heterocycles. The van der Waals surface area contributed by atoms with Crippen LogP contribution in [0, 0.1) is 0 Å². The van der Waals surface area contributed by atoms with Gasteiger partial charge in [0.2, 0.25) is 0 Å². The molecule has 0 unspecified atom stereocenters. The molecule has 0 fully saturated rings. The van der Waals surface area contributed by atoms with E-state index in [2.05, 4.69) is 0 Å². The van der Waals surface area contributed by atoms with Gasteiger partial charge >= 0.3 is 5.97 Å². The van der Waals surface area contributed by atoms with Crippen LogP contribution in [-0.2, 0) is 14.3 Å². The normalized spacial score (nSPS) is 15.0. The number of benzene rings is 3. The first-order valence-corrected chi connectivity index (χ1v) is 14.3. The minimum absolute atomic E-state index is 0.0711. The Morgan fingerprint density at radius 3 is 2.59 bits per heavy atom. The maximum Gasteiger partial charge on any atom is 0.338 e. The number of esters is 1. The van der Waals surface area contributed by atoms with Gasteiger partial charge in [-0.2, -0.15) is 0 Å². The molecule has 0 aliphatic carbocycles. The second-order valence-corrected chi connectivity index (χ2v) is 10.5. The van der Waals surface area contributed by atoms with Crippen LogP contribution in [0.3, 0.4) is 0 Å². The minimum Gasteiger partial charge on any atom is -0.493 e. The van der Waals surface area contributed by atoms with Gasteiger partial charge in [0.15, 0.2) is 16.3 Å². The van der Waals surface area contributed by atoms with Crippen LogP contribution in [0.4, 0.5) is 0 Å². The Kier molecular flexibility index (Phi) is 8.66. The van der Waals surface area contributed by atoms with Crippen LogP contribution in [0.1, 0.15) is 37.4 Å². The highest BCUT2D eigenvalue weighted by atomic mass is 32.1. The van der Waals surface area contributed by atoms with Crippen LogP contribution in [0.25, 0.3) is 16.8 Å². The summed E-state index contributed by atoms with van der Waals surface area (Å²) in [5.74, 6) is 0.416. The monoisotopic (exact) mass is 572 g/mol. The van der Waals surface area contributed by atoms with Gasteiger partial charge in [0, 0.05) is 12.7 Å². The van der Waals surface area contributed by atoms with E-state index in [1.54, 1.807) is 24.7 Å². The van der Waals surface area contributed by atoms with Crippen LogP contribution in [0.15, 0.2) is 81.7 Å². The quantitative estimate of drug-likeness (QED) is 0.207. The second-order valence-electron chi connectivity index (χ2n) is 9.51. The number of nitrogens with zero attached hydrogens (tertiary/aromatic N) is 2. The molecule has 8 nitrogen and oxygen atoms in total. The fraction of sp³-hybridized carbons (Fsp3) is 0.281. The molecule has 4 aromatic rings. The average molecular weight is 573 g/mol. The van der Waals surface area contributed by atoms with E-state index < -0.39 is 12.0 Å². The molecule has 5 rings (SSSR count). The Morgan fingerprint density at radius 1 is 1.02 bits per heavy atom. The lowest BCUT2D eigenvalue weighted by Crippen LogP contribution is -2.40. The van der Waals surface area contributed by atoms with E-state index in [0.29, 0.717) is 38.7 Å². The van der Waals surface area contributed by atoms with Gasteiger partial charge in [0.25, 0.3) is 5.56 Å². The van der Waals surface area contributed by atoms with Crippen LogP contribution in [0.5, 0.6) is 11.5 Å². The van der Waals surface area contributed by atoms with Crippen LogP contribution < -0.4 is 24.4 Å². The third kappa shape index (κ3) is 5.55. The predicted molar refractivity (Wildman–Crippen MR) is 159 cm³/mol. The number of aromatic nitrogens is 1. The molecule has 0 bridgehead atoms. The molecular formula is C32H32N2O6S. The molecular weight excluding hydrogens is 540 g/mol. The minimum atomic E-state index is -0.835. The molecule has 2 heterocycles. The summed E-state index contributed by atoms with van der Waals surface area (Å²) in [5, 5.41) is 2.12. The van der Waals surface area contributed by atoms with Gasteiger partial charge in [-0.25, -0.2) is 9.79 Å². The van der Waals surface area contributed by atoms with Crippen molar-refractivity contribution in [3.63, 3.8) is 0 Å². The molecule has 212 valence electrons. The standard InChI is InChI=1S/C32H32N2O6S/c1-5-16-39-29-24(14-9-15-25(29)38-4)28-27(31(36)40-18-17-37-3)20(2)33-32-34(28)30(35)26(41-32)19-22-12-8-11-21-10-6-7-13-23(21)22/h6-15,19,28H,5,16-18H2,1-4H3/b26-19+/t28-/m1/s1. The molecule has 0 saturated carbocycles. The topological polar surface area (TPSA) is 88.4 Å². The number of carbonyl (C=O) groups is 1. The highest BCUT2D eigenvalue weighted by Crippen LogP contribution is 2.41. The van der Waals surface area contributed by atoms with E-state index in [1.165, 1.54) is 18.4 Å². The fourth-order valence-corrected chi connectivity index (χ4v) is 5.99. The summed E-state index contributed by atoms with van der Waals surface area (Å²) < 4.78 is 24.5. The third-order valence-corrected chi connectivity index (χ3v) is 7.83. The lowest BCUT2D eigenvalue weighted by atomic mass is 9.94. The first-order chi connectivity index (χ1) is 20.0. The lowest BCUT2D eigenvalue weighted by molar-refractivity contribution is -0.140. The van der Waals surface area contributed by atoms with Crippen LogP contribution in [0.2, 0.25) is 0 Å². The summed E-state index contributed by atoms with van der Waals surface area (Å²) in [4.78, 5) is 32.9. The zero-order valence-corrected chi connectivity index (χ0v) is 24.3. The van der Waals surface area contributed by atoms with E-state index in [1.807, 2.05) is 67.6 Å². The number of carbonyl (C=O) groups excluding carboxylic acids is 1. The Morgan fingerprint density at radius 2 is 1.80 bits per heavy atom. The first-order valence-electron chi connectivity index (χ1n) is 13.4. The summed E-state index contributed by atoms with van der Waals surface area (Å²) in [6.07, 6.45) is 2.66. The number of thiazole rings is 1. The van der Waals surface area contributed by atoms with Crippen molar-refractivity contribution >= 4 is 34.2 Å². The molecule has 1 aliphatic heterocycles. The molecule has 9 heteroatoms. The molecule has 0 spiro atoms. The highest BCUT2D eigenvalue weighted by Gasteiger charge is 2.36. The second kappa shape index (κ2) is 12.5. The van der Waals surface area contributed by atoms with Gasteiger partial charge < -0.3 is 18.9 Å². The summed E-state index contributed by atoms with van der Waals surface area (Å²) in [6, 6.07) is 18.7. The number of methoxy groups -OCH3 is 2. The maximum atomic E-state index is 14.2. The number of ether oxygens (including phenoxy) is 4. The van der Waals surface area contributed by atoms with Gasteiger partial charge in [-0.1, -0.05) is 72.9 Å². The molecule has 1 atom stereocenters. The van der Waals surface area contributed by atoms with Gasteiger partial charge in [-0.15, -0.1) is 0 Å². The molecule has 3 aromatic carbocycles. The van der Waals surface area contributed by atoms with Crippen molar-refractivity contribution in [2.45, 2.75) is 26.3 Å². The summed E-state index contributed by atoms with van der Waals surface area (Å²) in [6.45, 7) is 4.52. The van der Waals surface area contributed by atoms with Crippen molar-refractivity contribution in [2.75, 3.05) is 34.0 Å². The van der Waals surface area contributed by atoms with Crippen LogP contribution >= 0.6 is 11.3 Å². The van der Waals surface area contributed by atoms with E-state index in [-0.39, 0.29) is 24.3 Å². The highest BCUT2D eigenvalue weighted by molar-refractivity contribution is 7.07. The van der Waals surface area contributed by atoms with Gasteiger partial charge in [-0.3, -0.25) is 9.36 Å². The van der Waals surface area contributed by atoms with Crippen molar-refractivity contribution in [2.24, 2.45) is 4.99 Å². The van der Waals surface area contributed by atoms with Crippen molar-refractivity contribution in [1.82, 2.24) is 4.57 Å². The Bertz CT molecular complexity index is 1800. The van der Waals surface area contributed by atoms with E-state index in [9.17, 15) is 9.59 Å².